The lowest BCUT2D eigenvalue weighted by molar-refractivity contribution is 0.673. The van der Waals surface area contributed by atoms with Crippen molar-refractivity contribution >= 4 is 50.0 Å². The summed E-state index contributed by atoms with van der Waals surface area (Å²) in [7, 11) is 0. The fourth-order valence-electron chi connectivity index (χ4n) is 8.49. The van der Waals surface area contributed by atoms with Gasteiger partial charge in [0.25, 0.3) is 0 Å². The lowest BCUT2D eigenvalue weighted by atomic mass is 10.0. The Hall–Kier alpha value is -7.88. The van der Waals surface area contributed by atoms with Gasteiger partial charge >= 0.3 is 0 Å². The molecule has 0 N–H and O–H groups in total. The molecule has 0 saturated carbocycles. The highest BCUT2D eigenvalue weighted by molar-refractivity contribution is 6.17. The Bertz CT molecular complexity index is 3140. The molecule has 0 spiro atoms. The SMILES string of the molecule is c1ccc(-c2ccc(N(c3ccc(-c4ccccc4)cc3)c3cccc(-c4ccc(-n5c6ccc(-c7ccccc7)cc6c6oc7ccccc7c65)cc4)c3)cc2)cc1. The number of hydrogen-bond acceptors (Lipinski definition) is 2. The average molecular weight is 755 g/mol. The molecule has 0 amide bonds. The molecule has 2 aromatic heterocycles. The van der Waals surface area contributed by atoms with Crippen LogP contribution in [0.25, 0.3) is 83.2 Å². The van der Waals surface area contributed by atoms with Crippen LogP contribution >= 0.6 is 0 Å². The Morgan fingerprint density at radius 2 is 0.780 bits per heavy atom. The first-order valence-corrected chi connectivity index (χ1v) is 20.1. The van der Waals surface area contributed by atoms with Gasteiger partial charge in [-0.2, -0.15) is 0 Å². The molecule has 0 aliphatic heterocycles. The van der Waals surface area contributed by atoms with Gasteiger partial charge in [0.2, 0.25) is 0 Å². The summed E-state index contributed by atoms with van der Waals surface area (Å²) in [5.74, 6) is 0. The summed E-state index contributed by atoms with van der Waals surface area (Å²) in [6, 6.07) is 82.2. The summed E-state index contributed by atoms with van der Waals surface area (Å²) >= 11 is 0. The van der Waals surface area contributed by atoms with E-state index in [4.69, 9.17) is 4.42 Å². The molecule has 0 aliphatic carbocycles. The van der Waals surface area contributed by atoms with Gasteiger partial charge in [-0.1, -0.05) is 158 Å². The van der Waals surface area contributed by atoms with Crippen LogP contribution in [-0.4, -0.2) is 4.57 Å². The second-order valence-corrected chi connectivity index (χ2v) is 15.0. The van der Waals surface area contributed by atoms with Crippen LogP contribution in [0, 0.1) is 0 Å². The Labute approximate surface area is 343 Å². The summed E-state index contributed by atoms with van der Waals surface area (Å²) < 4.78 is 8.95. The van der Waals surface area contributed by atoms with E-state index in [1.54, 1.807) is 0 Å². The minimum absolute atomic E-state index is 0.890. The van der Waals surface area contributed by atoms with Crippen LogP contribution in [0.4, 0.5) is 17.1 Å². The Morgan fingerprint density at radius 3 is 1.39 bits per heavy atom. The van der Waals surface area contributed by atoms with Crippen LogP contribution in [-0.2, 0) is 0 Å². The van der Waals surface area contributed by atoms with Crippen molar-refractivity contribution in [1.82, 2.24) is 4.57 Å². The van der Waals surface area contributed by atoms with Gasteiger partial charge in [-0.25, -0.2) is 0 Å². The van der Waals surface area contributed by atoms with Gasteiger partial charge in [0.1, 0.15) is 11.1 Å². The minimum Gasteiger partial charge on any atom is -0.454 e. The van der Waals surface area contributed by atoms with Crippen LogP contribution in [0.2, 0.25) is 0 Å². The summed E-state index contributed by atoms with van der Waals surface area (Å²) in [6.45, 7) is 0. The number of rotatable bonds is 8. The van der Waals surface area contributed by atoms with E-state index in [1.807, 2.05) is 6.07 Å². The van der Waals surface area contributed by atoms with Crippen molar-refractivity contribution in [2.75, 3.05) is 4.90 Å². The van der Waals surface area contributed by atoms with Gasteiger partial charge in [-0.3, -0.25) is 0 Å². The van der Waals surface area contributed by atoms with E-state index in [0.29, 0.717) is 0 Å². The lowest BCUT2D eigenvalue weighted by Crippen LogP contribution is -2.10. The summed E-state index contributed by atoms with van der Waals surface area (Å²) in [6.07, 6.45) is 0. The van der Waals surface area contributed by atoms with Crippen LogP contribution in [0.5, 0.6) is 0 Å². The van der Waals surface area contributed by atoms with E-state index in [-0.39, 0.29) is 0 Å². The van der Waals surface area contributed by atoms with Crippen LogP contribution < -0.4 is 4.90 Å². The molecule has 3 heteroatoms. The number of benzene rings is 9. The topological polar surface area (TPSA) is 21.3 Å². The monoisotopic (exact) mass is 754 g/mol. The maximum atomic E-state index is 6.59. The summed E-state index contributed by atoms with van der Waals surface area (Å²) in [4.78, 5) is 2.35. The predicted octanol–water partition coefficient (Wildman–Crippen LogP) is 15.7. The zero-order chi connectivity index (χ0) is 39.1. The number of anilines is 3. The second kappa shape index (κ2) is 14.6. The maximum absolute atomic E-state index is 6.59. The molecule has 9 aromatic carbocycles. The van der Waals surface area contributed by atoms with E-state index in [0.717, 1.165) is 66.8 Å². The van der Waals surface area contributed by atoms with Crippen molar-refractivity contribution in [2.24, 2.45) is 0 Å². The first kappa shape index (κ1) is 34.4. The maximum Gasteiger partial charge on any atom is 0.161 e. The van der Waals surface area contributed by atoms with Crippen LogP contribution in [0.15, 0.2) is 235 Å². The predicted molar refractivity (Wildman–Crippen MR) is 247 cm³/mol. The van der Waals surface area contributed by atoms with Crippen molar-refractivity contribution in [3.05, 3.63) is 231 Å². The third-order valence-corrected chi connectivity index (χ3v) is 11.4. The number of fused-ring (bicyclic) bond motifs is 5. The molecule has 59 heavy (non-hydrogen) atoms. The molecule has 0 unspecified atom stereocenters. The third kappa shape index (κ3) is 6.26. The molecule has 0 saturated heterocycles. The number of para-hydroxylation sites is 1. The van der Waals surface area contributed by atoms with Crippen molar-refractivity contribution in [1.29, 1.82) is 0 Å². The number of furan rings is 1. The van der Waals surface area contributed by atoms with E-state index in [9.17, 15) is 0 Å². The van der Waals surface area contributed by atoms with Gasteiger partial charge in [0, 0.05) is 33.5 Å². The largest absolute Gasteiger partial charge is 0.454 e. The zero-order valence-corrected chi connectivity index (χ0v) is 32.2. The Balaban J connectivity index is 0.985. The number of nitrogens with zero attached hydrogens (tertiary/aromatic N) is 2. The summed E-state index contributed by atoms with van der Waals surface area (Å²) in [5, 5.41) is 2.20. The smallest absolute Gasteiger partial charge is 0.161 e. The average Bonchev–Trinajstić information content (AvgIpc) is 3.85. The quantitative estimate of drug-likeness (QED) is 0.154. The molecule has 3 nitrogen and oxygen atoms in total. The van der Waals surface area contributed by atoms with Gasteiger partial charge in [-0.05, 0) is 117 Å². The highest BCUT2D eigenvalue weighted by atomic mass is 16.3. The first-order chi connectivity index (χ1) is 29.2. The van der Waals surface area contributed by atoms with Gasteiger partial charge in [-0.15, -0.1) is 0 Å². The van der Waals surface area contributed by atoms with E-state index < -0.39 is 0 Å². The minimum atomic E-state index is 0.890. The second-order valence-electron chi connectivity index (χ2n) is 15.0. The van der Waals surface area contributed by atoms with Gasteiger partial charge < -0.3 is 13.9 Å². The van der Waals surface area contributed by atoms with E-state index in [1.165, 1.54) is 33.4 Å². The summed E-state index contributed by atoms with van der Waals surface area (Å²) in [5.41, 5.74) is 17.8. The molecule has 0 bridgehead atoms. The zero-order valence-electron chi connectivity index (χ0n) is 32.2. The Kier molecular flexibility index (Phi) is 8.49. The normalized spacial score (nSPS) is 11.4. The Morgan fingerprint density at radius 1 is 0.322 bits per heavy atom. The van der Waals surface area contributed by atoms with E-state index >= 15 is 0 Å². The molecule has 0 fully saturated rings. The fraction of sp³-hybridized carbons (Fsp3) is 0. The third-order valence-electron chi connectivity index (χ3n) is 11.4. The molecular weight excluding hydrogens is 717 g/mol. The van der Waals surface area contributed by atoms with Crippen molar-refractivity contribution in [3.8, 4) is 50.2 Å². The lowest BCUT2D eigenvalue weighted by Gasteiger charge is -2.26. The van der Waals surface area contributed by atoms with Gasteiger partial charge in [0.05, 0.1) is 5.52 Å². The molecule has 278 valence electrons. The number of aromatic nitrogens is 1. The molecule has 0 atom stereocenters. The van der Waals surface area contributed by atoms with Crippen LogP contribution in [0.3, 0.4) is 0 Å². The van der Waals surface area contributed by atoms with Crippen molar-refractivity contribution < 1.29 is 4.42 Å². The van der Waals surface area contributed by atoms with Crippen molar-refractivity contribution in [3.63, 3.8) is 0 Å². The van der Waals surface area contributed by atoms with Crippen LogP contribution in [0.1, 0.15) is 0 Å². The first-order valence-electron chi connectivity index (χ1n) is 20.1. The molecule has 11 aromatic rings. The molecular formula is C56H38N2O. The molecule has 2 heterocycles. The standard InChI is InChI=1S/C56H38N2O/c1-4-13-39(14-5-1)42-23-30-47(31-24-42)57(48-32-25-43(26-33-48)40-15-6-2-7-16-40)50-20-12-19-45(37-50)44-27-34-49(35-28-44)58-53-36-29-46(41-17-8-3-9-18-41)38-52(53)56-55(58)51-21-10-11-22-54(51)59-56/h1-38H. The van der Waals surface area contributed by atoms with E-state index in [2.05, 4.69) is 234 Å². The highest BCUT2D eigenvalue weighted by Gasteiger charge is 2.20. The molecule has 11 rings (SSSR count). The molecule has 0 aliphatic rings. The van der Waals surface area contributed by atoms with Gasteiger partial charge in [0.15, 0.2) is 5.58 Å². The molecule has 0 radical (unpaired) electrons. The highest BCUT2D eigenvalue weighted by Crippen LogP contribution is 2.42. The fourth-order valence-corrected chi connectivity index (χ4v) is 8.49. The number of hydrogen-bond donors (Lipinski definition) is 0. The van der Waals surface area contributed by atoms with Crippen molar-refractivity contribution in [2.45, 2.75) is 0 Å².